The molecule has 1 aromatic carbocycles. The zero-order valence-corrected chi connectivity index (χ0v) is 11.2. The maximum Gasteiger partial charge on any atom is 0.0409 e. The molecule has 1 atom stereocenters. The Morgan fingerprint density at radius 1 is 1.35 bits per heavy atom. The van der Waals surface area contributed by atoms with E-state index in [1.165, 1.54) is 38.0 Å². The molecule has 0 bridgehead atoms. The molecule has 3 heteroatoms. The van der Waals surface area contributed by atoms with E-state index >= 15 is 0 Å². The fourth-order valence-corrected chi connectivity index (χ4v) is 2.72. The molecule has 1 fully saturated rings. The third-order valence-electron chi connectivity index (χ3n) is 3.53. The molecule has 0 saturated carbocycles. The van der Waals surface area contributed by atoms with Crippen molar-refractivity contribution in [2.75, 3.05) is 26.7 Å². The summed E-state index contributed by atoms with van der Waals surface area (Å²) in [5.74, 6) is 0. The van der Waals surface area contributed by atoms with Gasteiger partial charge in [-0.25, -0.2) is 0 Å². The van der Waals surface area contributed by atoms with Crippen LogP contribution < -0.4 is 5.32 Å². The lowest BCUT2D eigenvalue weighted by Gasteiger charge is -2.21. The van der Waals surface area contributed by atoms with Gasteiger partial charge in [0.2, 0.25) is 0 Å². The van der Waals surface area contributed by atoms with Crippen molar-refractivity contribution in [3.8, 4) is 0 Å². The maximum absolute atomic E-state index is 6.03. The van der Waals surface area contributed by atoms with Crippen molar-refractivity contribution in [1.82, 2.24) is 10.2 Å². The van der Waals surface area contributed by atoms with E-state index in [1.54, 1.807) is 0 Å². The minimum Gasteiger partial charge on any atom is -0.313 e. The molecule has 17 heavy (non-hydrogen) atoms. The van der Waals surface area contributed by atoms with Gasteiger partial charge in [-0.3, -0.25) is 0 Å². The summed E-state index contributed by atoms with van der Waals surface area (Å²) in [6, 6.07) is 8.58. The summed E-state index contributed by atoms with van der Waals surface area (Å²) in [4.78, 5) is 2.55. The molecule has 1 aromatic rings. The molecule has 1 saturated heterocycles. The first-order valence-corrected chi connectivity index (χ1v) is 6.82. The summed E-state index contributed by atoms with van der Waals surface area (Å²) >= 11 is 6.03. The molecule has 0 amide bonds. The van der Waals surface area contributed by atoms with Gasteiger partial charge in [0.25, 0.3) is 0 Å². The molecule has 0 aromatic heterocycles. The zero-order valence-electron chi connectivity index (χ0n) is 10.5. The number of benzene rings is 1. The van der Waals surface area contributed by atoms with Crippen molar-refractivity contribution in [1.29, 1.82) is 0 Å². The lowest BCUT2D eigenvalue weighted by Crippen LogP contribution is -2.26. The Morgan fingerprint density at radius 2 is 2.12 bits per heavy atom. The molecule has 0 spiro atoms. The second-order valence-corrected chi connectivity index (χ2v) is 5.17. The predicted molar refractivity (Wildman–Crippen MR) is 73.5 cm³/mol. The molecule has 1 unspecified atom stereocenters. The number of nitrogens with zero attached hydrogens (tertiary/aromatic N) is 1. The molecular weight excluding hydrogens is 232 g/mol. The Kier molecular flexibility index (Phi) is 4.84. The molecule has 0 aliphatic carbocycles. The van der Waals surface area contributed by atoms with Crippen LogP contribution in [0.2, 0.25) is 5.02 Å². The van der Waals surface area contributed by atoms with Crippen LogP contribution in [0.3, 0.4) is 0 Å². The van der Waals surface area contributed by atoms with Crippen molar-refractivity contribution >= 4 is 11.6 Å². The molecule has 1 aliphatic heterocycles. The third kappa shape index (κ3) is 3.70. The quantitative estimate of drug-likeness (QED) is 0.867. The van der Waals surface area contributed by atoms with Crippen molar-refractivity contribution in [2.24, 2.45) is 0 Å². The minimum atomic E-state index is 0.411. The van der Waals surface area contributed by atoms with Gasteiger partial charge in [-0.1, -0.05) is 23.7 Å². The molecular formula is C14H21ClN2. The van der Waals surface area contributed by atoms with E-state index in [9.17, 15) is 0 Å². The van der Waals surface area contributed by atoms with Crippen LogP contribution in [0.15, 0.2) is 24.3 Å². The fourth-order valence-electron chi connectivity index (χ4n) is 2.52. The second kappa shape index (κ2) is 6.39. The second-order valence-electron chi connectivity index (χ2n) is 4.73. The van der Waals surface area contributed by atoms with Gasteiger partial charge < -0.3 is 10.2 Å². The van der Waals surface area contributed by atoms with Crippen LogP contribution in [0.25, 0.3) is 0 Å². The largest absolute Gasteiger partial charge is 0.313 e. The van der Waals surface area contributed by atoms with Crippen LogP contribution in [0.1, 0.15) is 30.9 Å². The SMILES string of the molecule is CNC(CCN1CCCC1)c1cccc(Cl)c1. The summed E-state index contributed by atoms with van der Waals surface area (Å²) in [7, 11) is 2.02. The smallest absolute Gasteiger partial charge is 0.0409 e. The van der Waals surface area contributed by atoms with Crippen LogP contribution in [-0.4, -0.2) is 31.6 Å². The summed E-state index contributed by atoms with van der Waals surface area (Å²) in [5.41, 5.74) is 1.29. The predicted octanol–water partition coefficient (Wildman–Crippen LogP) is 3.09. The molecule has 2 nitrogen and oxygen atoms in total. The first-order chi connectivity index (χ1) is 8.29. The van der Waals surface area contributed by atoms with Gasteiger partial charge in [-0.05, 0) is 63.6 Å². The van der Waals surface area contributed by atoms with Gasteiger partial charge >= 0.3 is 0 Å². The average molecular weight is 253 g/mol. The Hall–Kier alpha value is -0.570. The first kappa shape index (κ1) is 12.9. The van der Waals surface area contributed by atoms with Crippen LogP contribution in [-0.2, 0) is 0 Å². The fraction of sp³-hybridized carbons (Fsp3) is 0.571. The van der Waals surface area contributed by atoms with Gasteiger partial charge in [-0.2, -0.15) is 0 Å². The van der Waals surface area contributed by atoms with E-state index in [4.69, 9.17) is 11.6 Å². The summed E-state index contributed by atoms with van der Waals surface area (Å²) in [6.45, 7) is 3.72. The van der Waals surface area contributed by atoms with Crippen LogP contribution in [0.5, 0.6) is 0 Å². The Morgan fingerprint density at radius 3 is 2.76 bits per heavy atom. The van der Waals surface area contributed by atoms with E-state index in [0.29, 0.717) is 6.04 Å². The number of likely N-dealkylation sites (tertiary alicyclic amines) is 1. The van der Waals surface area contributed by atoms with E-state index in [2.05, 4.69) is 22.3 Å². The number of nitrogens with one attached hydrogen (secondary N) is 1. The summed E-state index contributed by atoms with van der Waals surface area (Å²) in [6.07, 6.45) is 3.87. The standard InChI is InChI=1S/C14H21ClN2/c1-16-14(7-10-17-8-2-3-9-17)12-5-4-6-13(15)11-12/h4-6,11,14,16H,2-3,7-10H2,1H3. The highest BCUT2D eigenvalue weighted by molar-refractivity contribution is 6.30. The number of halogens is 1. The molecule has 94 valence electrons. The lowest BCUT2D eigenvalue weighted by atomic mass is 10.0. The van der Waals surface area contributed by atoms with Gasteiger partial charge in [0.15, 0.2) is 0 Å². The van der Waals surface area contributed by atoms with Crippen LogP contribution >= 0.6 is 11.6 Å². The Balaban J connectivity index is 1.91. The van der Waals surface area contributed by atoms with Gasteiger partial charge in [0.1, 0.15) is 0 Å². The monoisotopic (exact) mass is 252 g/mol. The minimum absolute atomic E-state index is 0.411. The number of rotatable bonds is 5. The van der Waals surface area contributed by atoms with Gasteiger partial charge in [0.05, 0.1) is 0 Å². The van der Waals surface area contributed by atoms with Crippen molar-refractivity contribution in [3.63, 3.8) is 0 Å². The zero-order chi connectivity index (χ0) is 12.1. The van der Waals surface area contributed by atoms with Crippen molar-refractivity contribution < 1.29 is 0 Å². The van der Waals surface area contributed by atoms with E-state index in [0.717, 1.165) is 11.4 Å². The number of hydrogen-bond donors (Lipinski definition) is 1. The van der Waals surface area contributed by atoms with Crippen LogP contribution in [0, 0.1) is 0 Å². The number of hydrogen-bond acceptors (Lipinski definition) is 2. The normalized spacial score (nSPS) is 18.5. The van der Waals surface area contributed by atoms with E-state index in [-0.39, 0.29) is 0 Å². The maximum atomic E-state index is 6.03. The molecule has 0 radical (unpaired) electrons. The average Bonchev–Trinajstić information content (AvgIpc) is 2.83. The first-order valence-electron chi connectivity index (χ1n) is 6.44. The third-order valence-corrected chi connectivity index (χ3v) is 3.77. The highest BCUT2D eigenvalue weighted by atomic mass is 35.5. The molecule has 1 N–H and O–H groups in total. The Bertz CT molecular complexity index is 348. The van der Waals surface area contributed by atoms with Crippen molar-refractivity contribution in [2.45, 2.75) is 25.3 Å². The highest BCUT2D eigenvalue weighted by Gasteiger charge is 2.15. The summed E-state index contributed by atoms with van der Waals surface area (Å²) < 4.78 is 0. The molecule has 2 rings (SSSR count). The highest BCUT2D eigenvalue weighted by Crippen LogP contribution is 2.21. The van der Waals surface area contributed by atoms with Crippen molar-refractivity contribution in [3.05, 3.63) is 34.9 Å². The topological polar surface area (TPSA) is 15.3 Å². The lowest BCUT2D eigenvalue weighted by molar-refractivity contribution is 0.314. The van der Waals surface area contributed by atoms with Gasteiger partial charge in [-0.15, -0.1) is 0 Å². The molecule has 1 aliphatic rings. The van der Waals surface area contributed by atoms with Gasteiger partial charge in [0, 0.05) is 11.1 Å². The molecule has 1 heterocycles. The van der Waals surface area contributed by atoms with E-state index < -0.39 is 0 Å². The summed E-state index contributed by atoms with van der Waals surface area (Å²) in [5, 5.41) is 4.21. The Labute approximate surface area is 109 Å². The van der Waals surface area contributed by atoms with E-state index in [1.807, 2.05) is 19.2 Å². The van der Waals surface area contributed by atoms with Crippen LogP contribution in [0.4, 0.5) is 0 Å².